The molecule has 0 unspecified atom stereocenters. The van der Waals surface area contributed by atoms with Crippen LogP contribution in [0.3, 0.4) is 0 Å². The number of hydrogen-bond acceptors (Lipinski definition) is 1. The Bertz CT molecular complexity index is 452. The van der Waals surface area contributed by atoms with Crippen molar-refractivity contribution in [2.75, 3.05) is 7.11 Å². The summed E-state index contributed by atoms with van der Waals surface area (Å²) >= 11 is 9.42. The average molecular weight is 261 g/mol. The molecule has 1 aromatic carbocycles. The Labute approximate surface area is 89.0 Å². The van der Waals surface area contributed by atoms with Crippen LogP contribution >= 0.6 is 27.5 Å². The fourth-order valence-corrected chi connectivity index (χ4v) is 2.30. The first-order valence-corrected chi connectivity index (χ1v) is 4.90. The lowest BCUT2D eigenvalue weighted by atomic mass is 10.2. The monoisotopic (exact) mass is 259 g/mol. The van der Waals surface area contributed by atoms with Gasteiger partial charge in [-0.15, -0.1) is 0 Å². The molecule has 0 saturated carbocycles. The van der Waals surface area contributed by atoms with Crippen molar-refractivity contribution >= 4 is 38.4 Å². The van der Waals surface area contributed by atoms with Crippen LogP contribution in [-0.2, 0) is 0 Å². The Kier molecular flexibility index (Phi) is 2.22. The summed E-state index contributed by atoms with van der Waals surface area (Å²) in [6.07, 6.45) is 1.86. The molecule has 0 saturated heterocycles. The zero-order chi connectivity index (χ0) is 9.42. The SMILES string of the molecule is COc1c(Cl)cc(Br)c2cc[nH]c12. The van der Waals surface area contributed by atoms with Crippen molar-refractivity contribution < 1.29 is 4.74 Å². The number of benzene rings is 1. The molecule has 0 atom stereocenters. The standard InChI is InChI=1S/C9H7BrClNO/c1-13-9-7(11)4-6(10)5-2-3-12-8(5)9/h2-4,12H,1H3. The molecule has 2 aromatic rings. The molecule has 4 heteroatoms. The molecule has 1 aromatic heterocycles. The van der Waals surface area contributed by atoms with Crippen molar-refractivity contribution in [1.82, 2.24) is 4.98 Å². The predicted octanol–water partition coefficient (Wildman–Crippen LogP) is 3.59. The number of methoxy groups -OCH3 is 1. The Morgan fingerprint density at radius 3 is 3.00 bits per heavy atom. The van der Waals surface area contributed by atoms with E-state index in [1.807, 2.05) is 18.3 Å². The smallest absolute Gasteiger partial charge is 0.161 e. The van der Waals surface area contributed by atoms with E-state index in [4.69, 9.17) is 16.3 Å². The first kappa shape index (κ1) is 8.91. The molecule has 2 rings (SSSR count). The maximum Gasteiger partial charge on any atom is 0.161 e. The lowest BCUT2D eigenvalue weighted by Crippen LogP contribution is -1.86. The number of fused-ring (bicyclic) bond motifs is 1. The number of aromatic nitrogens is 1. The largest absolute Gasteiger partial charge is 0.493 e. The molecule has 68 valence electrons. The van der Waals surface area contributed by atoms with E-state index >= 15 is 0 Å². The highest BCUT2D eigenvalue weighted by atomic mass is 79.9. The van der Waals surface area contributed by atoms with Crippen LogP contribution in [-0.4, -0.2) is 12.1 Å². The third-order valence-electron chi connectivity index (χ3n) is 1.91. The normalized spacial score (nSPS) is 10.7. The quantitative estimate of drug-likeness (QED) is 0.833. The van der Waals surface area contributed by atoms with Gasteiger partial charge in [-0.3, -0.25) is 0 Å². The molecular weight excluding hydrogens is 253 g/mol. The summed E-state index contributed by atoms with van der Waals surface area (Å²) < 4.78 is 6.15. The van der Waals surface area contributed by atoms with Crippen molar-refractivity contribution in [3.8, 4) is 5.75 Å². The second kappa shape index (κ2) is 3.24. The summed E-state index contributed by atoms with van der Waals surface area (Å²) in [5.41, 5.74) is 0.918. The van der Waals surface area contributed by atoms with Gasteiger partial charge >= 0.3 is 0 Å². The highest BCUT2D eigenvalue weighted by molar-refractivity contribution is 9.10. The molecule has 0 spiro atoms. The fraction of sp³-hybridized carbons (Fsp3) is 0.111. The summed E-state index contributed by atoms with van der Waals surface area (Å²) in [4.78, 5) is 3.08. The molecular formula is C9H7BrClNO. The molecule has 0 bridgehead atoms. The van der Waals surface area contributed by atoms with Gasteiger partial charge in [0.25, 0.3) is 0 Å². The van der Waals surface area contributed by atoms with Crippen LogP contribution in [0, 0.1) is 0 Å². The van der Waals surface area contributed by atoms with E-state index in [2.05, 4.69) is 20.9 Å². The van der Waals surface area contributed by atoms with Gasteiger partial charge in [-0.1, -0.05) is 27.5 Å². The molecule has 2 nitrogen and oxygen atoms in total. The van der Waals surface area contributed by atoms with Crippen LogP contribution < -0.4 is 4.74 Å². The summed E-state index contributed by atoms with van der Waals surface area (Å²) in [6, 6.07) is 3.80. The summed E-state index contributed by atoms with van der Waals surface area (Å²) in [6.45, 7) is 0. The first-order valence-electron chi connectivity index (χ1n) is 3.73. The maximum absolute atomic E-state index is 5.99. The first-order chi connectivity index (χ1) is 6.24. The van der Waals surface area contributed by atoms with Crippen LogP contribution in [0.1, 0.15) is 0 Å². The molecule has 0 aliphatic heterocycles. The van der Waals surface area contributed by atoms with Crippen LogP contribution in [0.25, 0.3) is 10.9 Å². The highest BCUT2D eigenvalue weighted by Gasteiger charge is 2.10. The Morgan fingerprint density at radius 1 is 1.54 bits per heavy atom. The molecule has 0 fully saturated rings. The van der Waals surface area contributed by atoms with E-state index < -0.39 is 0 Å². The molecule has 1 heterocycles. The van der Waals surface area contributed by atoms with Gasteiger partial charge in [0.2, 0.25) is 0 Å². The minimum Gasteiger partial charge on any atom is -0.493 e. The van der Waals surface area contributed by atoms with Gasteiger partial charge in [-0.25, -0.2) is 0 Å². The molecule has 0 radical (unpaired) electrons. The van der Waals surface area contributed by atoms with E-state index in [0.717, 1.165) is 15.4 Å². The minimum atomic E-state index is 0.601. The summed E-state index contributed by atoms with van der Waals surface area (Å²) in [5.74, 6) is 0.685. The van der Waals surface area contributed by atoms with Crippen LogP contribution in [0.2, 0.25) is 5.02 Å². The van der Waals surface area contributed by atoms with E-state index in [0.29, 0.717) is 10.8 Å². The van der Waals surface area contributed by atoms with Crippen molar-refractivity contribution in [3.63, 3.8) is 0 Å². The second-order valence-corrected chi connectivity index (χ2v) is 3.90. The number of aromatic amines is 1. The lowest BCUT2D eigenvalue weighted by molar-refractivity contribution is 0.419. The van der Waals surface area contributed by atoms with Gasteiger partial charge < -0.3 is 9.72 Å². The van der Waals surface area contributed by atoms with Crippen molar-refractivity contribution in [2.24, 2.45) is 0 Å². The van der Waals surface area contributed by atoms with Crippen LogP contribution in [0.15, 0.2) is 22.8 Å². The Morgan fingerprint density at radius 2 is 2.31 bits per heavy atom. The Balaban J connectivity index is 2.88. The second-order valence-electron chi connectivity index (χ2n) is 2.64. The van der Waals surface area contributed by atoms with E-state index in [1.165, 1.54) is 0 Å². The minimum absolute atomic E-state index is 0.601. The van der Waals surface area contributed by atoms with Gasteiger partial charge in [0.15, 0.2) is 5.75 Å². The molecule has 0 amide bonds. The fourth-order valence-electron chi connectivity index (χ4n) is 1.33. The molecule has 13 heavy (non-hydrogen) atoms. The maximum atomic E-state index is 5.99. The zero-order valence-corrected chi connectivity index (χ0v) is 9.24. The zero-order valence-electron chi connectivity index (χ0n) is 6.90. The highest BCUT2D eigenvalue weighted by Crippen LogP contribution is 2.37. The topological polar surface area (TPSA) is 25.0 Å². The number of nitrogens with one attached hydrogen (secondary N) is 1. The number of halogens is 2. The van der Waals surface area contributed by atoms with Crippen LogP contribution in [0.4, 0.5) is 0 Å². The average Bonchev–Trinajstić information content (AvgIpc) is 2.53. The van der Waals surface area contributed by atoms with Gasteiger partial charge in [-0.05, 0) is 12.1 Å². The number of H-pyrrole nitrogens is 1. The lowest BCUT2D eigenvalue weighted by Gasteiger charge is -2.05. The van der Waals surface area contributed by atoms with Crippen molar-refractivity contribution in [2.45, 2.75) is 0 Å². The molecule has 0 aliphatic rings. The van der Waals surface area contributed by atoms with Crippen LogP contribution in [0.5, 0.6) is 5.75 Å². The van der Waals surface area contributed by atoms with Crippen molar-refractivity contribution in [1.29, 1.82) is 0 Å². The molecule has 0 aliphatic carbocycles. The molecule has 1 N–H and O–H groups in total. The van der Waals surface area contributed by atoms with Crippen molar-refractivity contribution in [3.05, 3.63) is 27.8 Å². The third kappa shape index (κ3) is 1.32. The summed E-state index contributed by atoms with van der Waals surface area (Å²) in [7, 11) is 1.61. The van der Waals surface area contributed by atoms with E-state index in [1.54, 1.807) is 7.11 Å². The van der Waals surface area contributed by atoms with Gasteiger partial charge in [-0.2, -0.15) is 0 Å². The number of rotatable bonds is 1. The van der Waals surface area contributed by atoms with Gasteiger partial charge in [0.1, 0.15) is 0 Å². The van der Waals surface area contributed by atoms with E-state index in [-0.39, 0.29) is 0 Å². The number of hydrogen-bond donors (Lipinski definition) is 1. The third-order valence-corrected chi connectivity index (χ3v) is 2.84. The van der Waals surface area contributed by atoms with Gasteiger partial charge in [0, 0.05) is 16.1 Å². The summed E-state index contributed by atoms with van der Waals surface area (Å²) in [5, 5.41) is 1.67. The van der Waals surface area contributed by atoms with Gasteiger partial charge in [0.05, 0.1) is 17.6 Å². The number of ether oxygens (including phenoxy) is 1. The predicted molar refractivity (Wildman–Crippen MR) is 57.6 cm³/mol. The van der Waals surface area contributed by atoms with E-state index in [9.17, 15) is 0 Å². The Hall–Kier alpha value is -0.670.